The van der Waals surface area contributed by atoms with Gasteiger partial charge in [-0.05, 0) is 119 Å². The van der Waals surface area contributed by atoms with Crippen molar-refractivity contribution >= 4 is 82.1 Å². The minimum Gasteiger partial charge on any atom is -0.456 e. The number of benzene rings is 12. The van der Waals surface area contributed by atoms with Gasteiger partial charge in [-0.1, -0.05) is 206 Å². The Hall–Kier alpha value is -8.72. The van der Waals surface area contributed by atoms with Gasteiger partial charge in [0.05, 0.1) is 11.4 Å². The first-order valence-electron chi connectivity index (χ1n) is 22.7. The second-order valence-electron chi connectivity index (χ2n) is 17.2. The molecular formula is C64H41NO. The molecule has 0 N–H and O–H groups in total. The van der Waals surface area contributed by atoms with E-state index < -0.39 is 0 Å². The van der Waals surface area contributed by atoms with Crippen LogP contribution in [-0.2, 0) is 0 Å². The van der Waals surface area contributed by atoms with Crippen molar-refractivity contribution < 1.29 is 4.42 Å². The highest BCUT2D eigenvalue weighted by Crippen LogP contribution is 2.47. The molecule has 0 amide bonds. The normalized spacial score (nSPS) is 11.6. The fraction of sp³-hybridized carbons (Fsp3) is 0. The molecule has 0 spiro atoms. The zero-order chi connectivity index (χ0) is 43.6. The summed E-state index contributed by atoms with van der Waals surface area (Å²) in [4.78, 5) is 2.45. The Kier molecular flexibility index (Phi) is 8.89. The molecule has 0 atom stereocenters. The minimum absolute atomic E-state index is 0.894. The smallest absolute Gasteiger partial charge is 0.136 e. The molecule has 66 heavy (non-hydrogen) atoms. The lowest BCUT2D eigenvalue weighted by Crippen LogP contribution is -2.12. The molecule has 0 aliphatic heterocycles. The molecule has 1 heterocycles. The number of nitrogens with zero attached hydrogens (tertiary/aromatic N) is 1. The zero-order valence-corrected chi connectivity index (χ0v) is 36.0. The first kappa shape index (κ1) is 37.8. The van der Waals surface area contributed by atoms with Gasteiger partial charge in [-0.2, -0.15) is 0 Å². The Labute approximate surface area is 382 Å². The predicted octanol–water partition coefficient (Wildman–Crippen LogP) is 18.3. The molecule has 0 aliphatic rings. The number of fused-ring (bicyclic) bond motifs is 9. The maximum absolute atomic E-state index is 6.31. The molecule has 13 rings (SSSR count). The van der Waals surface area contributed by atoms with Crippen LogP contribution in [0.5, 0.6) is 0 Å². The Bertz CT molecular complexity index is 3990. The minimum atomic E-state index is 0.894. The van der Waals surface area contributed by atoms with E-state index in [2.05, 4.69) is 241 Å². The largest absolute Gasteiger partial charge is 0.456 e. The summed E-state index contributed by atoms with van der Waals surface area (Å²) in [5, 5.41) is 12.3. The van der Waals surface area contributed by atoms with Gasteiger partial charge < -0.3 is 9.32 Å². The average Bonchev–Trinajstić information content (AvgIpc) is 3.78. The Morgan fingerprint density at radius 3 is 1.55 bits per heavy atom. The van der Waals surface area contributed by atoms with Gasteiger partial charge >= 0.3 is 0 Å². The van der Waals surface area contributed by atoms with Gasteiger partial charge in [0.2, 0.25) is 0 Å². The maximum atomic E-state index is 6.31. The molecule has 2 nitrogen and oxygen atoms in total. The van der Waals surface area contributed by atoms with E-state index in [0.717, 1.165) is 66.8 Å². The molecule has 0 radical (unpaired) electrons. The SMILES string of the molecule is c1ccc(N(c2ccc(-c3cccc4oc5ccccc5c34)cc2)c2ccccc2-c2cccc3c2ccc2ccccc23)c(-c2ccc(-c3ccc4c(ccc5ccccc54)c3)cc2)c1. The summed E-state index contributed by atoms with van der Waals surface area (Å²) < 4.78 is 6.31. The lowest BCUT2D eigenvalue weighted by atomic mass is 9.92. The highest BCUT2D eigenvalue weighted by molar-refractivity contribution is 6.14. The van der Waals surface area contributed by atoms with Crippen LogP contribution in [0.3, 0.4) is 0 Å². The second kappa shape index (κ2) is 15.5. The fourth-order valence-corrected chi connectivity index (χ4v) is 10.3. The van der Waals surface area contributed by atoms with E-state index in [1.54, 1.807) is 0 Å². The van der Waals surface area contributed by atoms with E-state index >= 15 is 0 Å². The number of anilines is 3. The predicted molar refractivity (Wildman–Crippen MR) is 280 cm³/mol. The number of rotatable bonds is 7. The van der Waals surface area contributed by atoms with Crippen LogP contribution in [0.15, 0.2) is 253 Å². The van der Waals surface area contributed by atoms with E-state index in [0.29, 0.717) is 0 Å². The summed E-state index contributed by atoms with van der Waals surface area (Å²) in [6.45, 7) is 0. The highest BCUT2D eigenvalue weighted by Gasteiger charge is 2.22. The summed E-state index contributed by atoms with van der Waals surface area (Å²) in [5.74, 6) is 0. The van der Waals surface area contributed by atoms with E-state index in [1.165, 1.54) is 59.8 Å². The monoisotopic (exact) mass is 839 g/mol. The van der Waals surface area contributed by atoms with Crippen molar-refractivity contribution in [1.29, 1.82) is 0 Å². The maximum Gasteiger partial charge on any atom is 0.136 e. The van der Waals surface area contributed by atoms with E-state index in [4.69, 9.17) is 4.42 Å². The summed E-state index contributed by atoms with van der Waals surface area (Å²) in [5.41, 5.74) is 14.4. The summed E-state index contributed by atoms with van der Waals surface area (Å²) >= 11 is 0. The first-order valence-corrected chi connectivity index (χ1v) is 22.7. The molecule has 13 aromatic rings. The van der Waals surface area contributed by atoms with Gasteiger partial charge in [0.1, 0.15) is 11.2 Å². The lowest BCUT2D eigenvalue weighted by molar-refractivity contribution is 0.669. The molecule has 2 heteroatoms. The van der Waals surface area contributed by atoms with Crippen molar-refractivity contribution in [2.45, 2.75) is 0 Å². The molecule has 0 saturated carbocycles. The van der Waals surface area contributed by atoms with Crippen molar-refractivity contribution in [2.24, 2.45) is 0 Å². The zero-order valence-electron chi connectivity index (χ0n) is 36.0. The Balaban J connectivity index is 0.961. The third-order valence-corrected chi connectivity index (χ3v) is 13.5. The summed E-state index contributed by atoms with van der Waals surface area (Å²) in [6.07, 6.45) is 0. The Morgan fingerprint density at radius 2 is 0.742 bits per heavy atom. The number of furan rings is 1. The third kappa shape index (κ3) is 6.26. The van der Waals surface area contributed by atoms with Gasteiger partial charge in [0.15, 0.2) is 0 Å². The standard InChI is InChI=1S/C64H41NO/c1-3-15-50-43(13-1)31-32-48-41-47(36-39-52(48)50)42-27-29-45(30-28-42)53-17-5-8-23-60(53)65(49-37-33-46(34-38-49)54-20-12-26-63-64(54)59-19-7-10-25-62(59)66-63)61-24-9-6-18-58(61)56-22-11-21-55-51-16-4-2-14-44(51)35-40-57(55)56/h1-41H. The number of para-hydroxylation sites is 3. The molecule has 0 unspecified atom stereocenters. The topological polar surface area (TPSA) is 16.4 Å². The third-order valence-electron chi connectivity index (χ3n) is 13.5. The molecule has 0 aliphatic carbocycles. The van der Waals surface area contributed by atoms with Crippen LogP contribution in [0.2, 0.25) is 0 Å². The van der Waals surface area contributed by atoms with Crippen LogP contribution >= 0.6 is 0 Å². The van der Waals surface area contributed by atoms with Crippen molar-refractivity contribution in [3.8, 4) is 44.5 Å². The van der Waals surface area contributed by atoms with Gasteiger partial charge in [-0.15, -0.1) is 0 Å². The molecule has 1 aromatic heterocycles. The molecule has 12 aromatic carbocycles. The number of hydrogen-bond donors (Lipinski definition) is 0. The van der Waals surface area contributed by atoms with E-state index in [1.807, 2.05) is 12.1 Å². The van der Waals surface area contributed by atoms with E-state index in [9.17, 15) is 0 Å². The summed E-state index contributed by atoms with van der Waals surface area (Å²) in [6, 6.07) is 90.4. The van der Waals surface area contributed by atoms with Crippen LogP contribution in [-0.4, -0.2) is 0 Å². The molecule has 0 bridgehead atoms. The Morgan fingerprint density at radius 1 is 0.258 bits per heavy atom. The molecule has 0 fully saturated rings. The van der Waals surface area contributed by atoms with Crippen molar-refractivity contribution in [2.75, 3.05) is 4.90 Å². The van der Waals surface area contributed by atoms with Gasteiger partial charge in [0, 0.05) is 27.6 Å². The molecule has 0 saturated heterocycles. The van der Waals surface area contributed by atoms with Crippen LogP contribution < -0.4 is 4.90 Å². The van der Waals surface area contributed by atoms with E-state index in [-0.39, 0.29) is 0 Å². The van der Waals surface area contributed by atoms with Crippen LogP contribution in [0.1, 0.15) is 0 Å². The average molecular weight is 840 g/mol. The molecule has 308 valence electrons. The fourth-order valence-electron chi connectivity index (χ4n) is 10.3. The lowest BCUT2D eigenvalue weighted by Gasteiger charge is -2.30. The van der Waals surface area contributed by atoms with Crippen molar-refractivity contribution in [3.05, 3.63) is 249 Å². The number of hydrogen-bond acceptors (Lipinski definition) is 2. The van der Waals surface area contributed by atoms with Gasteiger partial charge in [0.25, 0.3) is 0 Å². The van der Waals surface area contributed by atoms with Crippen LogP contribution in [0.4, 0.5) is 17.1 Å². The second-order valence-corrected chi connectivity index (χ2v) is 17.2. The van der Waals surface area contributed by atoms with Crippen molar-refractivity contribution in [1.82, 2.24) is 0 Å². The summed E-state index contributed by atoms with van der Waals surface area (Å²) in [7, 11) is 0. The van der Waals surface area contributed by atoms with Gasteiger partial charge in [-0.3, -0.25) is 0 Å². The van der Waals surface area contributed by atoms with Crippen LogP contribution in [0.25, 0.3) is 110 Å². The molecular weight excluding hydrogens is 799 g/mol. The van der Waals surface area contributed by atoms with Gasteiger partial charge in [-0.25, -0.2) is 0 Å². The highest BCUT2D eigenvalue weighted by atomic mass is 16.3. The quantitative estimate of drug-likeness (QED) is 0.149. The van der Waals surface area contributed by atoms with Crippen molar-refractivity contribution in [3.63, 3.8) is 0 Å². The van der Waals surface area contributed by atoms with Crippen LogP contribution in [0, 0.1) is 0 Å². The first-order chi connectivity index (χ1) is 32.7.